The standard InChI is InChI=1S/C13H20N2O/c1-4-13(3,14)12(16)15-9-11-7-5-10(2)6-8-11/h5-8H,4,9,14H2,1-3H3,(H,15,16). The van der Waals surface area contributed by atoms with Crippen LogP contribution in [0.1, 0.15) is 31.4 Å². The van der Waals surface area contributed by atoms with E-state index in [4.69, 9.17) is 5.73 Å². The van der Waals surface area contributed by atoms with Crippen LogP contribution in [0.15, 0.2) is 24.3 Å². The van der Waals surface area contributed by atoms with Crippen molar-refractivity contribution < 1.29 is 4.79 Å². The monoisotopic (exact) mass is 220 g/mol. The molecular weight excluding hydrogens is 200 g/mol. The number of hydrogen-bond donors (Lipinski definition) is 2. The lowest BCUT2D eigenvalue weighted by Crippen LogP contribution is -2.50. The van der Waals surface area contributed by atoms with E-state index in [-0.39, 0.29) is 5.91 Å². The predicted molar refractivity (Wildman–Crippen MR) is 65.9 cm³/mol. The molecule has 0 bridgehead atoms. The fraction of sp³-hybridized carbons (Fsp3) is 0.462. The highest BCUT2D eigenvalue weighted by atomic mass is 16.2. The summed E-state index contributed by atoms with van der Waals surface area (Å²) in [6.07, 6.45) is 0.632. The summed E-state index contributed by atoms with van der Waals surface area (Å²) in [7, 11) is 0. The largest absolute Gasteiger partial charge is 0.350 e. The van der Waals surface area contributed by atoms with E-state index in [0.717, 1.165) is 5.56 Å². The molecule has 0 saturated heterocycles. The lowest BCUT2D eigenvalue weighted by Gasteiger charge is -2.21. The van der Waals surface area contributed by atoms with E-state index < -0.39 is 5.54 Å². The average molecular weight is 220 g/mol. The molecule has 0 aliphatic rings. The number of benzene rings is 1. The molecule has 16 heavy (non-hydrogen) atoms. The summed E-state index contributed by atoms with van der Waals surface area (Å²) in [4.78, 5) is 11.7. The third kappa shape index (κ3) is 3.35. The van der Waals surface area contributed by atoms with Gasteiger partial charge in [0, 0.05) is 6.54 Å². The van der Waals surface area contributed by atoms with Gasteiger partial charge < -0.3 is 11.1 Å². The van der Waals surface area contributed by atoms with Crippen molar-refractivity contribution in [3.05, 3.63) is 35.4 Å². The van der Waals surface area contributed by atoms with Gasteiger partial charge in [-0.2, -0.15) is 0 Å². The highest BCUT2D eigenvalue weighted by Crippen LogP contribution is 2.06. The molecule has 3 N–H and O–H groups in total. The maximum atomic E-state index is 11.7. The van der Waals surface area contributed by atoms with Crippen LogP contribution in [0.3, 0.4) is 0 Å². The second-order valence-electron chi connectivity index (χ2n) is 4.44. The first kappa shape index (κ1) is 12.7. The minimum Gasteiger partial charge on any atom is -0.350 e. The van der Waals surface area contributed by atoms with Crippen LogP contribution in [0.2, 0.25) is 0 Å². The molecule has 3 nitrogen and oxygen atoms in total. The molecule has 1 rings (SSSR count). The van der Waals surface area contributed by atoms with E-state index in [9.17, 15) is 4.79 Å². The molecule has 0 radical (unpaired) electrons. The van der Waals surface area contributed by atoms with Gasteiger partial charge in [0.25, 0.3) is 0 Å². The van der Waals surface area contributed by atoms with Crippen molar-refractivity contribution in [3.63, 3.8) is 0 Å². The summed E-state index contributed by atoms with van der Waals surface area (Å²) in [5.41, 5.74) is 7.37. The SMILES string of the molecule is CCC(C)(N)C(=O)NCc1ccc(C)cc1. The van der Waals surface area contributed by atoms with E-state index in [1.54, 1.807) is 6.92 Å². The van der Waals surface area contributed by atoms with Crippen LogP contribution in [0.5, 0.6) is 0 Å². The summed E-state index contributed by atoms with van der Waals surface area (Å²) in [5, 5.41) is 2.85. The topological polar surface area (TPSA) is 55.1 Å². The molecule has 0 aliphatic carbocycles. The Hall–Kier alpha value is -1.35. The Balaban J connectivity index is 2.52. The fourth-order valence-electron chi connectivity index (χ4n) is 1.25. The molecule has 1 atom stereocenters. The molecule has 1 amide bonds. The van der Waals surface area contributed by atoms with E-state index >= 15 is 0 Å². The molecule has 88 valence electrons. The van der Waals surface area contributed by atoms with Crippen LogP contribution >= 0.6 is 0 Å². The molecule has 0 spiro atoms. The van der Waals surface area contributed by atoms with Crippen molar-refractivity contribution >= 4 is 5.91 Å². The Bertz CT molecular complexity index is 355. The Morgan fingerprint density at radius 2 is 1.94 bits per heavy atom. The number of aryl methyl sites for hydroxylation is 1. The van der Waals surface area contributed by atoms with Crippen LogP contribution in [0, 0.1) is 6.92 Å². The molecular formula is C13H20N2O. The Morgan fingerprint density at radius 1 is 1.38 bits per heavy atom. The third-order valence-electron chi connectivity index (χ3n) is 2.83. The van der Waals surface area contributed by atoms with Crippen LogP contribution < -0.4 is 11.1 Å². The molecule has 0 aromatic heterocycles. The average Bonchev–Trinajstić information content (AvgIpc) is 2.28. The van der Waals surface area contributed by atoms with E-state index in [1.807, 2.05) is 38.1 Å². The second-order valence-corrected chi connectivity index (χ2v) is 4.44. The minimum atomic E-state index is -0.773. The summed E-state index contributed by atoms with van der Waals surface area (Å²) >= 11 is 0. The number of carbonyl (C=O) groups excluding carboxylic acids is 1. The van der Waals surface area contributed by atoms with Crippen molar-refractivity contribution in [3.8, 4) is 0 Å². The van der Waals surface area contributed by atoms with Gasteiger partial charge in [-0.25, -0.2) is 0 Å². The molecule has 0 saturated carbocycles. The van der Waals surface area contributed by atoms with Gasteiger partial charge in [0.15, 0.2) is 0 Å². The third-order valence-corrected chi connectivity index (χ3v) is 2.83. The Morgan fingerprint density at radius 3 is 2.44 bits per heavy atom. The smallest absolute Gasteiger partial charge is 0.240 e. The first-order valence-corrected chi connectivity index (χ1v) is 5.58. The van der Waals surface area contributed by atoms with Crippen molar-refractivity contribution in [1.82, 2.24) is 5.32 Å². The number of hydrogen-bond acceptors (Lipinski definition) is 2. The normalized spacial score (nSPS) is 14.2. The van der Waals surface area contributed by atoms with Crippen molar-refractivity contribution in [1.29, 1.82) is 0 Å². The van der Waals surface area contributed by atoms with Gasteiger partial charge in [-0.05, 0) is 25.8 Å². The summed E-state index contributed by atoms with van der Waals surface area (Å²) in [6, 6.07) is 8.08. The zero-order chi connectivity index (χ0) is 12.2. The zero-order valence-corrected chi connectivity index (χ0v) is 10.2. The van der Waals surface area contributed by atoms with Crippen LogP contribution in [-0.4, -0.2) is 11.4 Å². The van der Waals surface area contributed by atoms with Crippen molar-refractivity contribution in [2.75, 3.05) is 0 Å². The highest BCUT2D eigenvalue weighted by molar-refractivity contribution is 5.85. The molecule has 0 heterocycles. The van der Waals surface area contributed by atoms with E-state index in [2.05, 4.69) is 5.32 Å². The van der Waals surface area contributed by atoms with Crippen LogP contribution in [0.25, 0.3) is 0 Å². The molecule has 3 heteroatoms. The maximum Gasteiger partial charge on any atom is 0.240 e. The number of amides is 1. The first-order chi connectivity index (χ1) is 7.45. The van der Waals surface area contributed by atoms with Gasteiger partial charge in [-0.3, -0.25) is 4.79 Å². The van der Waals surface area contributed by atoms with Gasteiger partial charge in [0.2, 0.25) is 5.91 Å². The van der Waals surface area contributed by atoms with Crippen LogP contribution in [0.4, 0.5) is 0 Å². The number of nitrogens with two attached hydrogens (primary N) is 1. The quantitative estimate of drug-likeness (QED) is 0.812. The van der Waals surface area contributed by atoms with Gasteiger partial charge in [0.05, 0.1) is 5.54 Å². The molecule has 1 unspecified atom stereocenters. The number of rotatable bonds is 4. The zero-order valence-electron chi connectivity index (χ0n) is 10.2. The molecule has 1 aromatic carbocycles. The molecule has 0 fully saturated rings. The highest BCUT2D eigenvalue weighted by Gasteiger charge is 2.25. The Kier molecular flexibility index (Phi) is 4.07. The van der Waals surface area contributed by atoms with Crippen LogP contribution in [-0.2, 0) is 11.3 Å². The van der Waals surface area contributed by atoms with Gasteiger partial charge in [0.1, 0.15) is 0 Å². The van der Waals surface area contributed by atoms with E-state index in [1.165, 1.54) is 5.56 Å². The van der Waals surface area contributed by atoms with E-state index in [0.29, 0.717) is 13.0 Å². The maximum absolute atomic E-state index is 11.7. The van der Waals surface area contributed by atoms with Crippen molar-refractivity contribution in [2.45, 2.75) is 39.3 Å². The summed E-state index contributed by atoms with van der Waals surface area (Å²) < 4.78 is 0. The minimum absolute atomic E-state index is 0.101. The van der Waals surface area contributed by atoms with Gasteiger partial charge in [-0.1, -0.05) is 36.8 Å². The fourth-order valence-corrected chi connectivity index (χ4v) is 1.25. The number of nitrogens with one attached hydrogen (secondary N) is 1. The molecule has 1 aromatic rings. The number of carbonyl (C=O) groups is 1. The van der Waals surface area contributed by atoms with Gasteiger partial charge in [-0.15, -0.1) is 0 Å². The second kappa shape index (κ2) is 5.12. The predicted octanol–water partition coefficient (Wildman–Crippen LogP) is 1.74. The summed E-state index contributed by atoms with van der Waals surface area (Å²) in [5.74, 6) is -0.101. The summed E-state index contributed by atoms with van der Waals surface area (Å²) in [6.45, 7) is 6.23. The molecule has 0 aliphatic heterocycles. The lowest BCUT2D eigenvalue weighted by molar-refractivity contribution is -0.126. The Labute approximate surface area is 97.0 Å². The van der Waals surface area contributed by atoms with Crippen molar-refractivity contribution in [2.24, 2.45) is 5.73 Å². The lowest BCUT2D eigenvalue weighted by atomic mass is 9.99. The van der Waals surface area contributed by atoms with Gasteiger partial charge >= 0.3 is 0 Å². The first-order valence-electron chi connectivity index (χ1n) is 5.58.